The fourth-order valence-electron chi connectivity index (χ4n) is 4.21. The molecular formula is C23H31N3O3. The van der Waals surface area contributed by atoms with Crippen molar-refractivity contribution in [3.63, 3.8) is 0 Å². The Bertz CT molecular complexity index is 778. The number of piperazine rings is 1. The Hall–Kier alpha value is -2.31. The average Bonchev–Trinajstić information content (AvgIpc) is 3.42. The Morgan fingerprint density at radius 1 is 1.17 bits per heavy atom. The quantitative estimate of drug-likeness (QED) is 0.719. The van der Waals surface area contributed by atoms with Crippen LogP contribution in [0.2, 0.25) is 0 Å². The average molecular weight is 398 g/mol. The van der Waals surface area contributed by atoms with Crippen molar-refractivity contribution in [2.45, 2.75) is 32.4 Å². The van der Waals surface area contributed by atoms with E-state index in [1.807, 2.05) is 17.0 Å². The topological polar surface area (TPSA) is 49.2 Å². The molecule has 29 heavy (non-hydrogen) atoms. The van der Waals surface area contributed by atoms with Crippen molar-refractivity contribution in [2.24, 2.45) is 0 Å². The zero-order chi connectivity index (χ0) is 20.1. The van der Waals surface area contributed by atoms with Crippen molar-refractivity contribution in [2.75, 3.05) is 50.8 Å². The van der Waals surface area contributed by atoms with Crippen molar-refractivity contribution in [1.82, 2.24) is 9.80 Å². The summed E-state index contributed by atoms with van der Waals surface area (Å²) in [6.07, 6.45) is 4.08. The minimum atomic E-state index is 0.193. The van der Waals surface area contributed by atoms with Crippen LogP contribution in [0.15, 0.2) is 47.1 Å². The van der Waals surface area contributed by atoms with Gasteiger partial charge in [0.2, 0.25) is 5.91 Å². The van der Waals surface area contributed by atoms with E-state index in [0.717, 1.165) is 57.9 Å². The van der Waals surface area contributed by atoms with Gasteiger partial charge in [0.1, 0.15) is 5.76 Å². The lowest BCUT2D eigenvalue weighted by Crippen LogP contribution is -2.51. The first-order valence-corrected chi connectivity index (χ1v) is 10.6. The van der Waals surface area contributed by atoms with Crippen molar-refractivity contribution in [1.29, 1.82) is 0 Å². The maximum Gasteiger partial charge on any atom is 0.236 e. The van der Waals surface area contributed by atoms with Gasteiger partial charge in [-0.15, -0.1) is 0 Å². The van der Waals surface area contributed by atoms with Crippen LogP contribution in [0.25, 0.3) is 0 Å². The third-order valence-electron chi connectivity index (χ3n) is 5.80. The molecule has 2 fully saturated rings. The van der Waals surface area contributed by atoms with Crippen LogP contribution < -0.4 is 4.90 Å². The first-order valence-electron chi connectivity index (χ1n) is 10.6. The molecule has 2 aliphatic heterocycles. The predicted octanol–water partition coefficient (Wildman–Crippen LogP) is 2.92. The van der Waals surface area contributed by atoms with E-state index in [9.17, 15) is 4.79 Å². The number of benzene rings is 1. The maximum atomic E-state index is 13.0. The molecule has 1 aromatic heterocycles. The number of amides is 1. The van der Waals surface area contributed by atoms with Gasteiger partial charge in [0.25, 0.3) is 0 Å². The van der Waals surface area contributed by atoms with Gasteiger partial charge in [-0.1, -0.05) is 12.1 Å². The predicted molar refractivity (Wildman–Crippen MR) is 113 cm³/mol. The molecule has 2 saturated heterocycles. The number of aryl methyl sites for hydroxylation is 1. The number of hydrogen-bond acceptors (Lipinski definition) is 5. The number of ether oxygens (including phenoxy) is 1. The number of hydrogen-bond donors (Lipinski definition) is 0. The minimum absolute atomic E-state index is 0.193. The van der Waals surface area contributed by atoms with Gasteiger partial charge >= 0.3 is 0 Å². The SMILES string of the molecule is Cc1cccc(N2CCN(C(=O)CN(Cc3ccco3)CC3CCCO3)CC2)c1. The summed E-state index contributed by atoms with van der Waals surface area (Å²) in [7, 11) is 0. The third-order valence-corrected chi connectivity index (χ3v) is 5.80. The number of anilines is 1. The molecule has 0 aliphatic carbocycles. The number of carbonyl (C=O) groups is 1. The second-order valence-electron chi connectivity index (χ2n) is 8.09. The standard InChI is InChI=1S/C23H31N3O3/c1-19-5-2-6-20(15-19)25-9-11-26(12-10-25)23(27)18-24(16-21-7-3-13-28-21)17-22-8-4-14-29-22/h2-3,5-7,13,15,22H,4,8-12,14,16-18H2,1H3. The van der Waals surface area contributed by atoms with Crippen molar-refractivity contribution in [3.8, 4) is 0 Å². The van der Waals surface area contributed by atoms with Gasteiger partial charge in [0.15, 0.2) is 0 Å². The highest BCUT2D eigenvalue weighted by Crippen LogP contribution is 2.19. The minimum Gasteiger partial charge on any atom is -0.468 e. The first-order chi connectivity index (χ1) is 14.2. The van der Waals surface area contributed by atoms with Crippen LogP contribution in [0.5, 0.6) is 0 Å². The smallest absolute Gasteiger partial charge is 0.236 e. The summed E-state index contributed by atoms with van der Waals surface area (Å²) in [5, 5.41) is 0. The molecule has 4 rings (SSSR count). The zero-order valence-electron chi connectivity index (χ0n) is 17.3. The second kappa shape index (κ2) is 9.46. The Morgan fingerprint density at radius 3 is 2.72 bits per heavy atom. The lowest BCUT2D eigenvalue weighted by molar-refractivity contribution is -0.133. The van der Waals surface area contributed by atoms with Gasteiger partial charge in [-0.05, 0) is 49.6 Å². The van der Waals surface area contributed by atoms with Crippen molar-refractivity contribution in [3.05, 3.63) is 54.0 Å². The molecule has 1 atom stereocenters. The van der Waals surface area contributed by atoms with Crippen LogP contribution in [-0.2, 0) is 16.1 Å². The van der Waals surface area contributed by atoms with Crippen LogP contribution >= 0.6 is 0 Å². The van der Waals surface area contributed by atoms with Gasteiger partial charge in [-0.25, -0.2) is 0 Å². The molecule has 6 heteroatoms. The second-order valence-corrected chi connectivity index (χ2v) is 8.09. The van der Waals surface area contributed by atoms with E-state index in [0.29, 0.717) is 13.1 Å². The summed E-state index contributed by atoms with van der Waals surface area (Å²) in [5.41, 5.74) is 2.51. The highest BCUT2D eigenvalue weighted by molar-refractivity contribution is 5.78. The molecule has 2 aliphatic rings. The molecule has 156 valence electrons. The first kappa shape index (κ1) is 20.0. The van der Waals surface area contributed by atoms with Gasteiger partial charge in [-0.3, -0.25) is 9.69 Å². The molecule has 3 heterocycles. The van der Waals surface area contributed by atoms with E-state index in [1.54, 1.807) is 6.26 Å². The molecule has 1 amide bonds. The van der Waals surface area contributed by atoms with Crippen LogP contribution in [0.3, 0.4) is 0 Å². The number of carbonyl (C=O) groups excluding carboxylic acids is 1. The van der Waals surface area contributed by atoms with E-state index in [1.165, 1.54) is 11.3 Å². The fraction of sp³-hybridized carbons (Fsp3) is 0.522. The summed E-state index contributed by atoms with van der Waals surface area (Å²) in [4.78, 5) is 19.5. The Balaban J connectivity index is 1.32. The molecule has 0 N–H and O–H groups in total. The van der Waals surface area contributed by atoms with E-state index < -0.39 is 0 Å². The molecule has 6 nitrogen and oxygen atoms in total. The normalized spacial score (nSPS) is 19.9. The Morgan fingerprint density at radius 2 is 2.03 bits per heavy atom. The molecule has 0 saturated carbocycles. The van der Waals surface area contributed by atoms with Gasteiger partial charge in [0.05, 0.1) is 25.5 Å². The molecule has 1 unspecified atom stereocenters. The highest BCUT2D eigenvalue weighted by Gasteiger charge is 2.26. The van der Waals surface area contributed by atoms with Crippen LogP contribution in [-0.4, -0.2) is 67.7 Å². The van der Waals surface area contributed by atoms with Crippen LogP contribution in [0.1, 0.15) is 24.2 Å². The highest BCUT2D eigenvalue weighted by atomic mass is 16.5. The maximum absolute atomic E-state index is 13.0. The van der Waals surface area contributed by atoms with Gasteiger partial charge in [-0.2, -0.15) is 0 Å². The lowest BCUT2D eigenvalue weighted by Gasteiger charge is -2.37. The van der Waals surface area contributed by atoms with Crippen molar-refractivity contribution < 1.29 is 13.9 Å². The van der Waals surface area contributed by atoms with E-state index in [2.05, 4.69) is 41.0 Å². The number of rotatable bonds is 7. The van der Waals surface area contributed by atoms with Crippen LogP contribution in [0.4, 0.5) is 5.69 Å². The largest absolute Gasteiger partial charge is 0.468 e. The van der Waals surface area contributed by atoms with Crippen molar-refractivity contribution >= 4 is 11.6 Å². The summed E-state index contributed by atoms with van der Waals surface area (Å²) in [5.74, 6) is 1.08. The van der Waals surface area contributed by atoms with E-state index in [-0.39, 0.29) is 12.0 Å². The summed E-state index contributed by atoms with van der Waals surface area (Å²) >= 11 is 0. The molecule has 0 radical (unpaired) electrons. The molecule has 0 bridgehead atoms. The van der Waals surface area contributed by atoms with E-state index >= 15 is 0 Å². The van der Waals surface area contributed by atoms with Gasteiger partial charge < -0.3 is 19.0 Å². The fourth-order valence-corrected chi connectivity index (χ4v) is 4.21. The molecule has 1 aromatic carbocycles. The molecule has 2 aromatic rings. The lowest BCUT2D eigenvalue weighted by atomic mass is 10.2. The van der Waals surface area contributed by atoms with Gasteiger partial charge in [0, 0.05) is 45.0 Å². The Labute approximate surface area is 173 Å². The summed E-state index contributed by atoms with van der Waals surface area (Å²) in [6, 6.07) is 12.4. The zero-order valence-corrected chi connectivity index (χ0v) is 17.3. The summed E-state index contributed by atoms with van der Waals surface area (Å²) < 4.78 is 11.3. The molecular weight excluding hydrogens is 366 g/mol. The number of furan rings is 1. The number of nitrogens with zero attached hydrogens (tertiary/aromatic N) is 3. The van der Waals surface area contributed by atoms with E-state index in [4.69, 9.17) is 9.15 Å². The molecule has 0 spiro atoms. The third kappa shape index (κ3) is 5.40. The Kier molecular flexibility index (Phi) is 6.52. The monoisotopic (exact) mass is 397 g/mol. The van der Waals surface area contributed by atoms with Crippen LogP contribution in [0, 0.1) is 6.92 Å². The summed E-state index contributed by atoms with van der Waals surface area (Å²) in [6.45, 7) is 8.04.